The van der Waals surface area contributed by atoms with Crippen LogP contribution in [0.5, 0.6) is 0 Å². The molecular weight excluding hydrogens is 226 g/mol. The topological polar surface area (TPSA) is 39.2 Å². The molecule has 0 aliphatic carbocycles. The molecule has 0 N–H and O–H groups in total. The maximum absolute atomic E-state index is 11.6. The number of carbonyl (C=O) groups is 1. The molecule has 1 aromatic carbocycles. The summed E-state index contributed by atoms with van der Waals surface area (Å²) in [4.78, 5) is 15.7. The summed E-state index contributed by atoms with van der Waals surface area (Å²) in [5.74, 6) is -0.319. The fourth-order valence-electron chi connectivity index (χ4n) is 1.92. The summed E-state index contributed by atoms with van der Waals surface area (Å²) in [6, 6.07) is 9.90. The zero-order valence-corrected chi connectivity index (χ0v) is 10.5. The zero-order valence-electron chi connectivity index (χ0n) is 10.5. The van der Waals surface area contributed by atoms with Gasteiger partial charge in [-0.2, -0.15) is 0 Å². The lowest BCUT2D eigenvalue weighted by atomic mass is 10.0. The third-order valence-corrected chi connectivity index (χ3v) is 2.79. The van der Waals surface area contributed by atoms with Gasteiger partial charge in [0.15, 0.2) is 0 Å². The van der Waals surface area contributed by atoms with E-state index in [1.807, 2.05) is 25.1 Å². The van der Waals surface area contributed by atoms with Crippen molar-refractivity contribution in [2.75, 3.05) is 7.11 Å². The number of hydrogen-bond donors (Lipinski definition) is 0. The number of pyridine rings is 1. The summed E-state index contributed by atoms with van der Waals surface area (Å²) < 4.78 is 4.77. The van der Waals surface area contributed by atoms with Gasteiger partial charge in [-0.25, -0.2) is 4.79 Å². The molecule has 0 saturated carbocycles. The van der Waals surface area contributed by atoms with Crippen LogP contribution in [-0.2, 0) is 11.2 Å². The summed E-state index contributed by atoms with van der Waals surface area (Å²) in [6.45, 7) is 2.05. The lowest BCUT2D eigenvalue weighted by Gasteiger charge is -2.07. The monoisotopic (exact) mass is 241 g/mol. The van der Waals surface area contributed by atoms with Crippen molar-refractivity contribution < 1.29 is 9.53 Å². The van der Waals surface area contributed by atoms with Gasteiger partial charge in [-0.05, 0) is 30.5 Å². The van der Waals surface area contributed by atoms with Crippen molar-refractivity contribution in [3.8, 4) is 0 Å². The first-order chi connectivity index (χ1) is 8.70. The molecule has 3 heteroatoms. The molecule has 0 radical (unpaired) electrons. The van der Waals surface area contributed by atoms with E-state index in [0.717, 1.165) is 11.1 Å². The highest BCUT2D eigenvalue weighted by atomic mass is 16.5. The molecule has 0 bridgehead atoms. The molecule has 1 aromatic heterocycles. The number of esters is 1. The first kappa shape index (κ1) is 12.3. The Hall–Kier alpha value is -2.16. The second-order valence-corrected chi connectivity index (χ2v) is 4.19. The van der Waals surface area contributed by atoms with Crippen LogP contribution >= 0.6 is 0 Å². The molecule has 18 heavy (non-hydrogen) atoms. The van der Waals surface area contributed by atoms with E-state index < -0.39 is 0 Å². The zero-order chi connectivity index (χ0) is 13.0. The van der Waals surface area contributed by atoms with E-state index in [1.54, 1.807) is 18.5 Å². The van der Waals surface area contributed by atoms with Crippen LogP contribution in [0.2, 0.25) is 0 Å². The van der Waals surface area contributed by atoms with E-state index in [1.165, 1.54) is 12.7 Å². The Kier molecular flexibility index (Phi) is 3.72. The van der Waals surface area contributed by atoms with Crippen LogP contribution in [0.3, 0.4) is 0 Å². The number of aryl methyl sites for hydroxylation is 1. The van der Waals surface area contributed by atoms with Gasteiger partial charge in [0, 0.05) is 12.4 Å². The van der Waals surface area contributed by atoms with Gasteiger partial charge in [0.05, 0.1) is 12.7 Å². The molecule has 0 spiro atoms. The predicted molar refractivity (Wildman–Crippen MR) is 69.6 cm³/mol. The Bertz CT molecular complexity index is 564. The number of benzene rings is 1. The smallest absolute Gasteiger partial charge is 0.338 e. The van der Waals surface area contributed by atoms with Gasteiger partial charge < -0.3 is 4.74 Å². The quantitative estimate of drug-likeness (QED) is 0.776. The molecule has 92 valence electrons. The number of carbonyl (C=O) groups excluding carboxylic acids is 1. The molecule has 0 aliphatic rings. The maximum Gasteiger partial charge on any atom is 0.338 e. The fraction of sp³-hybridized carbons (Fsp3) is 0.200. The normalized spacial score (nSPS) is 10.1. The summed E-state index contributed by atoms with van der Waals surface area (Å²) in [5.41, 5.74) is 3.83. The van der Waals surface area contributed by atoms with E-state index in [4.69, 9.17) is 4.74 Å². The highest BCUT2D eigenvalue weighted by Crippen LogP contribution is 2.15. The number of hydrogen-bond acceptors (Lipinski definition) is 3. The Morgan fingerprint density at radius 1 is 1.33 bits per heavy atom. The first-order valence-corrected chi connectivity index (χ1v) is 5.77. The standard InChI is InChI=1S/C15H15NO2/c1-11-4-3-5-12(8-11)9-13-10-16-7-6-14(13)15(17)18-2/h3-8,10H,9H2,1-2H3. The Morgan fingerprint density at radius 3 is 2.89 bits per heavy atom. The van der Waals surface area contributed by atoms with Gasteiger partial charge >= 0.3 is 5.97 Å². The van der Waals surface area contributed by atoms with Crippen LogP contribution < -0.4 is 0 Å². The van der Waals surface area contributed by atoms with Gasteiger partial charge in [0.2, 0.25) is 0 Å². The third-order valence-electron chi connectivity index (χ3n) is 2.79. The van der Waals surface area contributed by atoms with Crippen molar-refractivity contribution >= 4 is 5.97 Å². The lowest BCUT2D eigenvalue weighted by molar-refractivity contribution is 0.0599. The molecule has 0 unspecified atom stereocenters. The van der Waals surface area contributed by atoms with Crippen LogP contribution in [0.25, 0.3) is 0 Å². The van der Waals surface area contributed by atoms with Crippen molar-refractivity contribution in [2.45, 2.75) is 13.3 Å². The van der Waals surface area contributed by atoms with Crippen molar-refractivity contribution in [2.24, 2.45) is 0 Å². The van der Waals surface area contributed by atoms with Gasteiger partial charge in [0.25, 0.3) is 0 Å². The minimum Gasteiger partial charge on any atom is -0.465 e. The molecule has 0 saturated heterocycles. The summed E-state index contributed by atoms with van der Waals surface area (Å²) in [7, 11) is 1.39. The van der Waals surface area contributed by atoms with Crippen LogP contribution in [0.4, 0.5) is 0 Å². The van der Waals surface area contributed by atoms with Gasteiger partial charge in [-0.3, -0.25) is 4.98 Å². The number of methoxy groups -OCH3 is 1. The summed E-state index contributed by atoms with van der Waals surface area (Å²) in [5, 5.41) is 0. The van der Waals surface area contributed by atoms with Crippen LogP contribution in [0.1, 0.15) is 27.0 Å². The molecule has 0 amide bonds. The van der Waals surface area contributed by atoms with E-state index in [-0.39, 0.29) is 5.97 Å². The van der Waals surface area contributed by atoms with E-state index >= 15 is 0 Å². The molecule has 0 atom stereocenters. The van der Waals surface area contributed by atoms with Gasteiger partial charge in [-0.1, -0.05) is 29.8 Å². The highest BCUT2D eigenvalue weighted by Gasteiger charge is 2.11. The second-order valence-electron chi connectivity index (χ2n) is 4.19. The average Bonchev–Trinajstić information content (AvgIpc) is 2.38. The number of aromatic nitrogens is 1. The second kappa shape index (κ2) is 5.45. The molecule has 1 heterocycles. The van der Waals surface area contributed by atoms with Crippen LogP contribution in [-0.4, -0.2) is 18.1 Å². The highest BCUT2D eigenvalue weighted by molar-refractivity contribution is 5.90. The molecule has 2 rings (SSSR count). The van der Waals surface area contributed by atoms with Crippen molar-refractivity contribution in [1.82, 2.24) is 4.98 Å². The van der Waals surface area contributed by atoms with E-state index in [2.05, 4.69) is 11.1 Å². The Morgan fingerprint density at radius 2 is 2.17 bits per heavy atom. The number of nitrogens with zero attached hydrogens (tertiary/aromatic N) is 1. The molecular formula is C15H15NO2. The third kappa shape index (κ3) is 2.74. The van der Waals surface area contributed by atoms with Crippen molar-refractivity contribution in [1.29, 1.82) is 0 Å². The number of rotatable bonds is 3. The fourth-order valence-corrected chi connectivity index (χ4v) is 1.92. The lowest BCUT2D eigenvalue weighted by Crippen LogP contribution is -2.06. The predicted octanol–water partition coefficient (Wildman–Crippen LogP) is 2.77. The van der Waals surface area contributed by atoms with Crippen molar-refractivity contribution in [3.63, 3.8) is 0 Å². The van der Waals surface area contributed by atoms with Gasteiger partial charge in [0.1, 0.15) is 0 Å². The Balaban J connectivity index is 2.32. The SMILES string of the molecule is COC(=O)c1ccncc1Cc1cccc(C)c1. The first-order valence-electron chi connectivity index (χ1n) is 5.77. The van der Waals surface area contributed by atoms with Gasteiger partial charge in [-0.15, -0.1) is 0 Å². The average molecular weight is 241 g/mol. The maximum atomic E-state index is 11.6. The largest absolute Gasteiger partial charge is 0.465 e. The summed E-state index contributed by atoms with van der Waals surface area (Å²) >= 11 is 0. The van der Waals surface area contributed by atoms with Crippen LogP contribution in [0, 0.1) is 6.92 Å². The minimum atomic E-state index is -0.319. The van der Waals surface area contributed by atoms with Crippen LogP contribution in [0.15, 0.2) is 42.7 Å². The summed E-state index contributed by atoms with van der Waals surface area (Å²) in [6.07, 6.45) is 4.00. The number of ether oxygens (including phenoxy) is 1. The van der Waals surface area contributed by atoms with Crippen molar-refractivity contribution in [3.05, 3.63) is 65.0 Å². The molecule has 0 aliphatic heterocycles. The molecule has 3 nitrogen and oxygen atoms in total. The Labute approximate surface area is 106 Å². The molecule has 2 aromatic rings. The molecule has 0 fully saturated rings. The minimum absolute atomic E-state index is 0.319. The van der Waals surface area contributed by atoms with E-state index in [9.17, 15) is 4.79 Å². The van der Waals surface area contributed by atoms with E-state index in [0.29, 0.717) is 12.0 Å².